The summed E-state index contributed by atoms with van der Waals surface area (Å²) >= 11 is 0. The standard InChI is InChI=1S/C15H14N2O5S/c18-12(11-5-2-1-3-6-11)9-23(19,20)10-14-16-15(17-22-14)13-7-4-8-21-13/h1-8,12,18H,9-10H2/t12-/m1/s1. The van der Waals surface area contributed by atoms with Crippen LogP contribution in [0.25, 0.3) is 11.6 Å². The van der Waals surface area contributed by atoms with Gasteiger partial charge < -0.3 is 14.0 Å². The van der Waals surface area contributed by atoms with E-state index in [1.807, 2.05) is 0 Å². The van der Waals surface area contributed by atoms with Gasteiger partial charge in [0.15, 0.2) is 15.6 Å². The van der Waals surface area contributed by atoms with Crippen LogP contribution in [0, 0.1) is 0 Å². The highest BCUT2D eigenvalue weighted by molar-refractivity contribution is 7.90. The lowest BCUT2D eigenvalue weighted by atomic mass is 10.1. The Hall–Kier alpha value is -2.45. The summed E-state index contributed by atoms with van der Waals surface area (Å²) in [5, 5.41) is 13.7. The van der Waals surface area contributed by atoms with Crippen molar-refractivity contribution in [3.8, 4) is 11.6 Å². The molecule has 3 rings (SSSR count). The Bertz CT molecular complexity index is 856. The minimum Gasteiger partial charge on any atom is -0.461 e. The molecule has 0 spiro atoms. The molecule has 7 nitrogen and oxygen atoms in total. The van der Waals surface area contributed by atoms with Crippen LogP contribution >= 0.6 is 0 Å². The van der Waals surface area contributed by atoms with Crippen molar-refractivity contribution in [3.05, 3.63) is 60.2 Å². The van der Waals surface area contributed by atoms with Crippen LogP contribution in [0.2, 0.25) is 0 Å². The van der Waals surface area contributed by atoms with Crippen LogP contribution in [-0.4, -0.2) is 29.4 Å². The molecule has 2 aromatic heterocycles. The van der Waals surface area contributed by atoms with E-state index in [1.165, 1.54) is 6.26 Å². The van der Waals surface area contributed by atoms with E-state index in [-0.39, 0.29) is 11.7 Å². The topological polar surface area (TPSA) is 106 Å². The Morgan fingerprint density at radius 1 is 1.13 bits per heavy atom. The fraction of sp³-hybridized carbons (Fsp3) is 0.200. The van der Waals surface area contributed by atoms with Crippen molar-refractivity contribution >= 4 is 9.84 Å². The number of sulfone groups is 1. The molecular formula is C15H14N2O5S. The van der Waals surface area contributed by atoms with E-state index in [0.717, 1.165) is 0 Å². The number of nitrogens with zero attached hydrogens (tertiary/aromatic N) is 2. The molecule has 23 heavy (non-hydrogen) atoms. The molecule has 1 N–H and O–H groups in total. The monoisotopic (exact) mass is 334 g/mol. The Labute approximate surface area is 132 Å². The molecule has 0 aliphatic rings. The van der Waals surface area contributed by atoms with Crippen LogP contribution in [0.5, 0.6) is 0 Å². The van der Waals surface area contributed by atoms with E-state index in [4.69, 9.17) is 8.94 Å². The summed E-state index contributed by atoms with van der Waals surface area (Å²) in [6.45, 7) is 0. The summed E-state index contributed by atoms with van der Waals surface area (Å²) in [6, 6.07) is 11.9. The molecule has 1 atom stereocenters. The van der Waals surface area contributed by atoms with Crippen molar-refractivity contribution in [2.24, 2.45) is 0 Å². The molecule has 0 bridgehead atoms. The van der Waals surface area contributed by atoms with Crippen molar-refractivity contribution in [3.63, 3.8) is 0 Å². The number of hydrogen-bond donors (Lipinski definition) is 1. The molecule has 0 aliphatic heterocycles. The highest BCUT2D eigenvalue weighted by Gasteiger charge is 2.23. The Balaban J connectivity index is 1.69. The second-order valence-electron chi connectivity index (χ2n) is 4.97. The van der Waals surface area contributed by atoms with Crippen LogP contribution in [-0.2, 0) is 15.6 Å². The van der Waals surface area contributed by atoms with Gasteiger partial charge in [-0.1, -0.05) is 35.5 Å². The van der Waals surface area contributed by atoms with E-state index in [0.29, 0.717) is 11.3 Å². The van der Waals surface area contributed by atoms with Crippen molar-refractivity contribution in [1.29, 1.82) is 0 Å². The molecular weight excluding hydrogens is 320 g/mol. The zero-order valence-electron chi connectivity index (χ0n) is 12.0. The quantitative estimate of drug-likeness (QED) is 0.734. The normalized spacial score (nSPS) is 13.1. The SMILES string of the molecule is O=S(=O)(Cc1nc(-c2ccco2)no1)C[C@@H](O)c1ccccc1. The van der Waals surface area contributed by atoms with Gasteiger partial charge in [0.2, 0.25) is 11.7 Å². The van der Waals surface area contributed by atoms with Crippen LogP contribution < -0.4 is 0 Å². The van der Waals surface area contributed by atoms with Gasteiger partial charge in [0.1, 0.15) is 5.75 Å². The molecule has 0 aliphatic carbocycles. The Morgan fingerprint density at radius 2 is 1.91 bits per heavy atom. The molecule has 3 aromatic rings. The van der Waals surface area contributed by atoms with E-state index in [9.17, 15) is 13.5 Å². The molecule has 0 saturated heterocycles. The zero-order valence-corrected chi connectivity index (χ0v) is 12.8. The fourth-order valence-corrected chi connectivity index (χ4v) is 3.36. The number of furan rings is 1. The van der Waals surface area contributed by atoms with E-state index in [1.54, 1.807) is 42.5 Å². The van der Waals surface area contributed by atoms with Gasteiger partial charge in [-0.3, -0.25) is 0 Å². The molecule has 0 unspecified atom stereocenters. The third kappa shape index (κ3) is 3.85. The number of aliphatic hydroxyl groups excluding tert-OH is 1. The van der Waals surface area contributed by atoms with E-state index < -0.39 is 27.4 Å². The van der Waals surface area contributed by atoms with Crippen LogP contribution in [0.4, 0.5) is 0 Å². The lowest BCUT2D eigenvalue weighted by Gasteiger charge is -2.10. The highest BCUT2D eigenvalue weighted by Crippen LogP contribution is 2.19. The third-order valence-corrected chi connectivity index (χ3v) is 4.66. The van der Waals surface area contributed by atoms with Crippen molar-refractivity contribution < 1.29 is 22.5 Å². The average molecular weight is 334 g/mol. The van der Waals surface area contributed by atoms with Crippen LogP contribution in [0.15, 0.2) is 57.7 Å². The minimum absolute atomic E-state index is 0.0448. The molecule has 0 fully saturated rings. The smallest absolute Gasteiger partial charge is 0.242 e. The molecule has 2 heterocycles. The largest absolute Gasteiger partial charge is 0.461 e. The number of hydrogen-bond acceptors (Lipinski definition) is 7. The van der Waals surface area contributed by atoms with Crippen LogP contribution in [0.1, 0.15) is 17.6 Å². The summed E-state index contributed by atoms with van der Waals surface area (Å²) in [6.07, 6.45) is 0.354. The predicted octanol–water partition coefficient (Wildman–Crippen LogP) is 1.98. The van der Waals surface area contributed by atoms with Gasteiger partial charge in [0.25, 0.3) is 0 Å². The van der Waals surface area contributed by atoms with Gasteiger partial charge in [0.05, 0.1) is 18.1 Å². The van der Waals surface area contributed by atoms with Crippen molar-refractivity contribution in [2.45, 2.75) is 11.9 Å². The summed E-state index contributed by atoms with van der Waals surface area (Å²) in [5.41, 5.74) is 0.540. The molecule has 1 aromatic carbocycles. The van der Waals surface area contributed by atoms with Crippen molar-refractivity contribution in [2.75, 3.05) is 5.75 Å². The molecule has 0 saturated carbocycles. The summed E-state index contributed by atoms with van der Waals surface area (Å²) in [4.78, 5) is 3.99. The molecule has 120 valence electrons. The summed E-state index contributed by atoms with van der Waals surface area (Å²) in [5.74, 6) is -0.331. The van der Waals surface area contributed by atoms with E-state index in [2.05, 4.69) is 10.1 Å². The first-order chi connectivity index (χ1) is 11.0. The minimum atomic E-state index is -3.61. The maximum Gasteiger partial charge on any atom is 0.242 e. The third-order valence-electron chi connectivity index (χ3n) is 3.15. The second kappa shape index (κ2) is 6.35. The molecule has 0 amide bonds. The molecule has 0 radical (unpaired) electrons. The van der Waals surface area contributed by atoms with Gasteiger partial charge in [-0.05, 0) is 17.7 Å². The number of aliphatic hydroxyl groups is 1. The van der Waals surface area contributed by atoms with Gasteiger partial charge >= 0.3 is 0 Å². The van der Waals surface area contributed by atoms with Gasteiger partial charge in [-0.15, -0.1) is 0 Å². The molecule has 8 heteroatoms. The van der Waals surface area contributed by atoms with Gasteiger partial charge in [0, 0.05) is 0 Å². The average Bonchev–Trinajstić information content (AvgIpc) is 3.18. The first kappa shape index (κ1) is 15.4. The van der Waals surface area contributed by atoms with Crippen LogP contribution in [0.3, 0.4) is 0 Å². The fourth-order valence-electron chi connectivity index (χ4n) is 2.08. The van der Waals surface area contributed by atoms with Gasteiger partial charge in [-0.25, -0.2) is 8.42 Å². The summed E-state index contributed by atoms with van der Waals surface area (Å²) < 4.78 is 34.4. The first-order valence-electron chi connectivity index (χ1n) is 6.83. The number of aromatic nitrogens is 2. The zero-order chi connectivity index (χ0) is 16.3. The lowest BCUT2D eigenvalue weighted by Crippen LogP contribution is -2.16. The second-order valence-corrected chi connectivity index (χ2v) is 7.08. The summed E-state index contributed by atoms with van der Waals surface area (Å²) in [7, 11) is -3.61. The number of rotatable bonds is 6. The van der Waals surface area contributed by atoms with Gasteiger partial charge in [-0.2, -0.15) is 4.98 Å². The highest BCUT2D eigenvalue weighted by atomic mass is 32.2. The number of benzene rings is 1. The maximum atomic E-state index is 12.2. The Kier molecular flexibility index (Phi) is 4.26. The van der Waals surface area contributed by atoms with E-state index >= 15 is 0 Å². The van der Waals surface area contributed by atoms with Crippen molar-refractivity contribution in [1.82, 2.24) is 10.1 Å². The first-order valence-corrected chi connectivity index (χ1v) is 8.65. The predicted molar refractivity (Wildman–Crippen MR) is 80.9 cm³/mol. The Morgan fingerprint density at radius 3 is 2.61 bits per heavy atom. The lowest BCUT2D eigenvalue weighted by molar-refractivity contribution is 0.201. The maximum absolute atomic E-state index is 12.2.